The second-order valence-electron chi connectivity index (χ2n) is 3.34. The van der Waals surface area contributed by atoms with Gasteiger partial charge in [0.25, 0.3) is 0 Å². The van der Waals surface area contributed by atoms with Crippen molar-refractivity contribution in [2.24, 2.45) is 0 Å². The molecule has 0 atom stereocenters. The van der Waals surface area contributed by atoms with Crippen LogP contribution in [0.2, 0.25) is 10.0 Å². The first kappa shape index (κ1) is 11.5. The standard InChI is InChI=1S/C11H10Cl2N2O/c12-10-2-1-9(5-11(10)13)15-6-8(3-4-16)14-7-15/h1-2,5-7,16H,3-4H2. The van der Waals surface area contributed by atoms with Gasteiger partial charge in [0.2, 0.25) is 0 Å². The Labute approximate surface area is 103 Å². The highest BCUT2D eigenvalue weighted by molar-refractivity contribution is 6.42. The fourth-order valence-electron chi connectivity index (χ4n) is 1.39. The summed E-state index contributed by atoms with van der Waals surface area (Å²) in [6.45, 7) is 0.0956. The van der Waals surface area contributed by atoms with Crippen LogP contribution in [0.4, 0.5) is 0 Å². The lowest BCUT2D eigenvalue weighted by molar-refractivity contribution is 0.298. The normalized spacial score (nSPS) is 10.7. The second-order valence-corrected chi connectivity index (χ2v) is 4.16. The van der Waals surface area contributed by atoms with Crippen molar-refractivity contribution in [3.8, 4) is 5.69 Å². The summed E-state index contributed by atoms with van der Waals surface area (Å²) < 4.78 is 1.84. The molecule has 0 radical (unpaired) electrons. The third kappa shape index (κ3) is 2.38. The van der Waals surface area contributed by atoms with Gasteiger partial charge in [-0.15, -0.1) is 0 Å². The van der Waals surface area contributed by atoms with Gasteiger partial charge in [0.1, 0.15) is 0 Å². The zero-order valence-electron chi connectivity index (χ0n) is 8.40. The number of benzene rings is 1. The van der Waals surface area contributed by atoms with Crippen molar-refractivity contribution in [2.45, 2.75) is 6.42 Å². The molecule has 0 saturated carbocycles. The van der Waals surface area contributed by atoms with Crippen molar-refractivity contribution in [3.05, 3.63) is 46.5 Å². The second kappa shape index (κ2) is 4.87. The van der Waals surface area contributed by atoms with Gasteiger partial charge in [-0.25, -0.2) is 4.98 Å². The van der Waals surface area contributed by atoms with Gasteiger partial charge in [0.05, 0.1) is 22.1 Å². The topological polar surface area (TPSA) is 38.0 Å². The largest absolute Gasteiger partial charge is 0.396 e. The van der Waals surface area contributed by atoms with E-state index in [9.17, 15) is 0 Å². The molecule has 16 heavy (non-hydrogen) atoms. The summed E-state index contributed by atoms with van der Waals surface area (Å²) in [5.41, 5.74) is 1.74. The Morgan fingerprint density at radius 1 is 1.25 bits per heavy atom. The summed E-state index contributed by atoms with van der Waals surface area (Å²) in [4.78, 5) is 4.16. The van der Waals surface area contributed by atoms with E-state index >= 15 is 0 Å². The molecule has 1 aromatic carbocycles. The van der Waals surface area contributed by atoms with Gasteiger partial charge in [-0.1, -0.05) is 23.2 Å². The van der Waals surface area contributed by atoms with E-state index in [0.717, 1.165) is 11.4 Å². The van der Waals surface area contributed by atoms with Crippen LogP contribution in [0, 0.1) is 0 Å². The molecule has 0 spiro atoms. The Kier molecular flexibility index (Phi) is 3.49. The number of aliphatic hydroxyl groups excluding tert-OH is 1. The van der Waals surface area contributed by atoms with Crippen LogP contribution < -0.4 is 0 Å². The predicted molar refractivity (Wildman–Crippen MR) is 64.4 cm³/mol. The smallest absolute Gasteiger partial charge is 0.0995 e. The molecule has 84 valence electrons. The molecule has 1 N–H and O–H groups in total. The molecule has 0 fully saturated rings. The molecule has 0 unspecified atom stereocenters. The molecule has 3 nitrogen and oxygen atoms in total. The maximum atomic E-state index is 8.79. The number of hydrogen-bond acceptors (Lipinski definition) is 2. The van der Waals surface area contributed by atoms with Gasteiger partial charge < -0.3 is 9.67 Å². The molecule has 2 rings (SSSR count). The van der Waals surface area contributed by atoms with Crippen LogP contribution in [-0.4, -0.2) is 21.3 Å². The lowest BCUT2D eigenvalue weighted by atomic mass is 10.3. The molecular formula is C11H10Cl2N2O. The van der Waals surface area contributed by atoms with Gasteiger partial charge >= 0.3 is 0 Å². The summed E-state index contributed by atoms with van der Waals surface area (Å²) >= 11 is 11.8. The molecule has 0 saturated heterocycles. The van der Waals surface area contributed by atoms with Crippen LogP contribution in [0.15, 0.2) is 30.7 Å². The zero-order valence-corrected chi connectivity index (χ0v) is 9.91. The molecule has 5 heteroatoms. The number of nitrogens with zero attached hydrogens (tertiary/aromatic N) is 2. The molecule has 1 heterocycles. The van der Waals surface area contributed by atoms with E-state index < -0.39 is 0 Å². The van der Waals surface area contributed by atoms with Crippen molar-refractivity contribution >= 4 is 23.2 Å². The fourth-order valence-corrected chi connectivity index (χ4v) is 1.69. The number of aliphatic hydroxyl groups is 1. The summed E-state index contributed by atoms with van der Waals surface area (Å²) in [6, 6.07) is 5.37. The third-order valence-electron chi connectivity index (χ3n) is 2.21. The van der Waals surface area contributed by atoms with Crippen molar-refractivity contribution in [1.82, 2.24) is 9.55 Å². The molecule has 0 aliphatic heterocycles. The molecular weight excluding hydrogens is 247 g/mol. The van der Waals surface area contributed by atoms with Gasteiger partial charge in [0, 0.05) is 24.9 Å². The minimum absolute atomic E-state index is 0.0956. The van der Waals surface area contributed by atoms with Crippen molar-refractivity contribution in [2.75, 3.05) is 6.61 Å². The van der Waals surface area contributed by atoms with Gasteiger partial charge in [0.15, 0.2) is 0 Å². The van der Waals surface area contributed by atoms with E-state index in [4.69, 9.17) is 28.3 Å². The fraction of sp³-hybridized carbons (Fsp3) is 0.182. The lowest BCUT2D eigenvalue weighted by Gasteiger charge is -2.03. The molecule has 0 bridgehead atoms. The Balaban J connectivity index is 2.31. The number of hydrogen-bond donors (Lipinski definition) is 1. The van der Waals surface area contributed by atoms with E-state index in [1.165, 1.54) is 0 Å². The first-order valence-electron chi connectivity index (χ1n) is 4.80. The van der Waals surface area contributed by atoms with E-state index in [2.05, 4.69) is 4.98 Å². The average molecular weight is 257 g/mol. The summed E-state index contributed by atoms with van der Waals surface area (Å²) in [7, 11) is 0. The highest BCUT2D eigenvalue weighted by atomic mass is 35.5. The quantitative estimate of drug-likeness (QED) is 0.917. The van der Waals surface area contributed by atoms with Crippen molar-refractivity contribution < 1.29 is 5.11 Å². The minimum atomic E-state index is 0.0956. The highest BCUT2D eigenvalue weighted by Crippen LogP contribution is 2.24. The Hall–Kier alpha value is -1.03. The van der Waals surface area contributed by atoms with E-state index in [0.29, 0.717) is 16.5 Å². The van der Waals surface area contributed by atoms with Crippen LogP contribution in [-0.2, 0) is 6.42 Å². The van der Waals surface area contributed by atoms with Crippen LogP contribution >= 0.6 is 23.2 Å². The Morgan fingerprint density at radius 3 is 2.75 bits per heavy atom. The molecule has 0 aliphatic rings. The number of rotatable bonds is 3. The van der Waals surface area contributed by atoms with Crippen LogP contribution in [0.1, 0.15) is 5.69 Å². The molecule has 0 amide bonds. The van der Waals surface area contributed by atoms with Crippen LogP contribution in [0.5, 0.6) is 0 Å². The van der Waals surface area contributed by atoms with Gasteiger partial charge in [-0.2, -0.15) is 0 Å². The van der Waals surface area contributed by atoms with Gasteiger partial charge in [-0.3, -0.25) is 0 Å². The Bertz CT molecular complexity index is 496. The van der Waals surface area contributed by atoms with E-state index in [1.54, 1.807) is 18.5 Å². The number of imidazole rings is 1. The monoisotopic (exact) mass is 256 g/mol. The Morgan fingerprint density at radius 2 is 2.06 bits per heavy atom. The minimum Gasteiger partial charge on any atom is -0.396 e. The first-order chi connectivity index (χ1) is 7.70. The number of aromatic nitrogens is 2. The van der Waals surface area contributed by atoms with Crippen LogP contribution in [0.25, 0.3) is 5.69 Å². The lowest BCUT2D eigenvalue weighted by Crippen LogP contribution is -1.91. The van der Waals surface area contributed by atoms with Crippen molar-refractivity contribution in [3.63, 3.8) is 0 Å². The third-order valence-corrected chi connectivity index (χ3v) is 2.94. The number of halogens is 2. The average Bonchev–Trinajstić information content (AvgIpc) is 2.71. The first-order valence-corrected chi connectivity index (χ1v) is 5.55. The van der Waals surface area contributed by atoms with Crippen molar-refractivity contribution in [1.29, 1.82) is 0 Å². The van der Waals surface area contributed by atoms with Gasteiger partial charge in [-0.05, 0) is 18.2 Å². The maximum absolute atomic E-state index is 8.79. The maximum Gasteiger partial charge on any atom is 0.0995 e. The zero-order chi connectivity index (χ0) is 11.5. The summed E-state index contributed by atoms with van der Waals surface area (Å²) in [5, 5.41) is 9.83. The van der Waals surface area contributed by atoms with E-state index in [-0.39, 0.29) is 6.61 Å². The molecule has 1 aromatic heterocycles. The predicted octanol–water partition coefficient (Wildman–Crippen LogP) is 2.71. The summed E-state index contributed by atoms with van der Waals surface area (Å²) in [6.07, 6.45) is 4.09. The molecule has 2 aromatic rings. The van der Waals surface area contributed by atoms with Crippen LogP contribution in [0.3, 0.4) is 0 Å². The summed E-state index contributed by atoms with van der Waals surface area (Å²) in [5.74, 6) is 0. The highest BCUT2D eigenvalue weighted by Gasteiger charge is 2.03. The SMILES string of the molecule is OCCc1cn(-c2ccc(Cl)c(Cl)c2)cn1. The van der Waals surface area contributed by atoms with E-state index in [1.807, 2.05) is 16.8 Å². The molecule has 0 aliphatic carbocycles.